The number of rotatable bonds is 5. The van der Waals surface area contributed by atoms with E-state index in [1.54, 1.807) is 12.1 Å². The van der Waals surface area contributed by atoms with E-state index in [4.69, 9.17) is 5.73 Å². The molecule has 0 unspecified atom stereocenters. The lowest BCUT2D eigenvalue weighted by Gasteiger charge is -2.08. The van der Waals surface area contributed by atoms with Gasteiger partial charge in [-0.05, 0) is 60.2 Å². The molecule has 0 radical (unpaired) electrons. The minimum absolute atomic E-state index is 0.127. The summed E-state index contributed by atoms with van der Waals surface area (Å²) in [5.74, 6) is 0.447. The van der Waals surface area contributed by atoms with Gasteiger partial charge in [0.15, 0.2) is 5.96 Å². The van der Waals surface area contributed by atoms with E-state index in [1.807, 2.05) is 6.07 Å². The molecule has 0 spiro atoms. The van der Waals surface area contributed by atoms with Gasteiger partial charge in [-0.1, -0.05) is 18.2 Å². The van der Waals surface area contributed by atoms with E-state index in [-0.39, 0.29) is 5.75 Å². The third kappa shape index (κ3) is 4.22. The van der Waals surface area contributed by atoms with Gasteiger partial charge in [-0.15, -0.1) is 0 Å². The summed E-state index contributed by atoms with van der Waals surface area (Å²) in [6, 6.07) is 12.6. The van der Waals surface area contributed by atoms with Crippen molar-refractivity contribution in [3.8, 4) is 5.75 Å². The molecule has 0 aromatic heterocycles. The SMILES string of the molecule is NC(=NCc1ccc(OC(F)F)cc1)Nc1ccc2c(c1)CCC2. The molecule has 4 nitrogen and oxygen atoms in total. The van der Waals surface area contributed by atoms with E-state index >= 15 is 0 Å². The molecule has 1 aliphatic rings. The lowest BCUT2D eigenvalue weighted by Crippen LogP contribution is -2.22. The molecule has 0 amide bonds. The van der Waals surface area contributed by atoms with Crippen LogP contribution < -0.4 is 15.8 Å². The van der Waals surface area contributed by atoms with Crippen LogP contribution in [-0.4, -0.2) is 12.6 Å². The summed E-state index contributed by atoms with van der Waals surface area (Å²) in [5.41, 5.74) is 10.5. The number of benzene rings is 2. The first-order valence-electron chi connectivity index (χ1n) is 7.82. The van der Waals surface area contributed by atoms with Gasteiger partial charge in [0.25, 0.3) is 0 Å². The van der Waals surface area contributed by atoms with Gasteiger partial charge in [-0.25, -0.2) is 4.99 Å². The van der Waals surface area contributed by atoms with Gasteiger partial charge in [0.1, 0.15) is 5.75 Å². The summed E-state index contributed by atoms with van der Waals surface area (Å²) in [4.78, 5) is 4.27. The molecule has 0 saturated carbocycles. The zero-order valence-corrected chi connectivity index (χ0v) is 13.1. The molecule has 0 saturated heterocycles. The number of hydrogen-bond acceptors (Lipinski definition) is 2. The van der Waals surface area contributed by atoms with Crippen molar-refractivity contribution in [3.05, 3.63) is 59.2 Å². The highest BCUT2D eigenvalue weighted by Gasteiger charge is 2.10. The van der Waals surface area contributed by atoms with Crippen molar-refractivity contribution in [3.63, 3.8) is 0 Å². The average Bonchev–Trinajstić information content (AvgIpc) is 3.01. The van der Waals surface area contributed by atoms with E-state index in [2.05, 4.69) is 27.2 Å². The second kappa shape index (κ2) is 7.29. The summed E-state index contributed by atoms with van der Waals surface area (Å²) in [7, 11) is 0. The Labute approximate surface area is 139 Å². The van der Waals surface area contributed by atoms with Crippen molar-refractivity contribution in [2.24, 2.45) is 10.7 Å². The predicted octanol–water partition coefficient (Wildman–Crippen LogP) is 3.70. The van der Waals surface area contributed by atoms with E-state index in [9.17, 15) is 8.78 Å². The van der Waals surface area contributed by atoms with Crippen LogP contribution in [0, 0.1) is 0 Å². The fourth-order valence-electron chi connectivity index (χ4n) is 2.79. The maximum Gasteiger partial charge on any atom is 0.387 e. The molecule has 3 rings (SSSR count). The first kappa shape index (κ1) is 16.2. The monoisotopic (exact) mass is 331 g/mol. The fraction of sp³-hybridized carbons (Fsp3) is 0.278. The largest absolute Gasteiger partial charge is 0.435 e. The van der Waals surface area contributed by atoms with E-state index in [0.29, 0.717) is 12.5 Å². The first-order valence-corrected chi connectivity index (χ1v) is 7.82. The molecular formula is C18H19F2N3O. The Hall–Kier alpha value is -2.63. The Balaban J connectivity index is 1.58. The number of fused-ring (bicyclic) bond motifs is 1. The van der Waals surface area contributed by atoms with Crippen molar-refractivity contribution >= 4 is 11.6 Å². The summed E-state index contributed by atoms with van der Waals surface area (Å²) in [5, 5.41) is 3.08. The number of halogens is 2. The second-order valence-electron chi connectivity index (χ2n) is 5.69. The smallest absolute Gasteiger partial charge is 0.387 e. The van der Waals surface area contributed by atoms with Crippen molar-refractivity contribution < 1.29 is 13.5 Å². The molecule has 24 heavy (non-hydrogen) atoms. The molecule has 3 N–H and O–H groups in total. The quantitative estimate of drug-likeness (QED) is 0.649. The molecule has 0 bridgehead atoms. The number of nitrogens with zero attached hydrogens (tertiary/aromatic N) is 1. The predicted molar refractivity (Wildman–Crippen MR) is 90.5 cm³/mol. The molecule has 0 atom stereocenters. The maximum absolute atomic E-state index is 12.1. The number of guanidine groups is 1. The Morgan fingerprint density at radius 1 is 1.12 bits per heavy atom. The summed E-state index contributed by atoms with van der Waals surface area (Å²) >= 11 is 0. The highest BCUT2D eigenvalue weighted by molar-refractivity contribution is 5.92. The Bertz CT molecular complexity index is 730. The third-order valence-corrected chi connectivity index (χ3v) is 3.95. The molecule has 1 aliphatic carbocycles. The molecule has 2 aromatic rings. The van der Waals surface area contributed by atoms with Crippen LogP contribution in [0.3, 0.4) is 0 Å². The topological polar surface area (TPSA) is 59.6 Å². The minimum Gasteiger partial charge on any atom is -0.435 e. The van der Waals surface area contributed by atoms with Crippen molar-refractivity contribution in [1.29, 1.82) is 0 Å². The molecular weight excluding hydrogens is 312 g/mol. The van der Waals surface area contributed by atoms with Gasteiger partial charge in [-0.2, -0.15) is 8.78 Å². The van der Waals surface area contributed by atoms with Gasteiger partial charge in [0, 0.05) is 5.69 Å². The first-order chi connectivity index (χ1) is 11.6. The Morgan fingerprint density at radius 2 is 1.88 bits per heavy atom. The number of aliphatic imine (C=N–C) groups is 1. The van der Waals surface area contributed by atoms with Crippen LogP contribution in [0.25, 0.3) is 0 Å². The molecule has 126 valence electrons. The lowest BCUT2D eigenvalue weighted by molar-refractivity contribution is -0.0498. The zero-order chi connectivity index (χ0) is 16.9. The number of alkyl halides is 2. The lowest BCUT2D eigenvalue weighted by atomic mass is 10.1. The van der Waals surface area contributed by atoms with E-state index < -0.39 is 6.61 Å². The average molecular weight is 331 g/mol. The second-order valence-corrected chi connectivity index (χ2v) is 5.69. The van der Waals surface area contributed by atoms with E-state index in [1.165, 1.54) is 29.7 Å². The van der Waals surface area contributed by atoms with Crippen LogP contribution >= 0.6 is 0 Å². The Kier molecular flexibility index (Phi) is 4.93. The van der Waals surface area contributed by atoms with Gasteiger partial charge in [0.2, 0.25) is 0 Å². The van der Waals surface area contributed by atoms with Gasteiger partial charge in [-0.3, -0.25) is 0 Å². The molecule has 2 aromatic carbocycles. The van der Waals surface area contributed by atoms with Crippen LogP contribution in [0.5, 0.6) is 5.75 Å². The Morgan fingerprint density at radius 3 is 2.62 bits per heavy atom. The standard InChI is InChI=1S/C18H19F2N3O/c19-17(20)24-16-8-4-12(5-9-16)11-22-18(21)23-15-7-6-13-2-1-3-14(13)10-15/h4-10,17H,1-3,11H2,(H3,21,22,23). The van der Waals surface area contributed by atoms with Crippen molar-refractivity contribution in [1.82, 2.24) is 0 Å². The zero-order valence-electron chi connectivity index (χ0n) is 13.1. The number of hydrogen-bond donors (Lipinski definition) is 2. The number of nitrogens with two attached hydrogens (primary N) is 1. The van der Waals surface area contributed by atoms with Crippen molar-refractivity contribution in [2.75, 3.05) is 5.32 Å². The van der Waals surface area contributed by atoms with Crippen LogP contribution in [0.1, 0.15) is 23.1 Å². The van der Waals surface area contributed by atoms with Gasteiger partial charge < -0.3 is 15.8 Å². The number of anilines is 1. The summed E-state index contributed by atoms with van der Waals surface area (Å²) in [6.45, 7) is -2.46. The highest BCUT2D eigenvalue weighted by atomic mass is 19.3. The van der Waals surface area contributed by atoms with Crippen LogP contribution in [0.4, 0.5) is 14.5 Å². The van der Waals surface area contributed by atoms with Gasteiger partial charge >= 0.3 is 6.61 Å². The maximum atomic E-state index is 12.1. The van der Waals surface area contributed by atoms with Crippen LogP contribution in [0.2, 0.25) is 0 Å². The molecule has 0 aliphatic heterocycles. The normalized spacial score (nSPS) is 13.9. The van der Waals surface area contributed by atoms with Crippen molar-refractivity contribution in [2.45, 2.75) is 32.4 Å². The highest BCUT2D eigenvalue weighted by Crippen LogP contribution is 2.24. The van der Waals surface area contributed by atoms with E-state index in [0.717, 1.165) is 24.1 Å². The van der Waals surface area contributed by atoms with Crippen LogP contribution in [0.15, 0.2) is 47.5 Å². The third-order valence-electron chi connectivity index (χ3n) is 3.95. The van der Waals surface area contributed by atoms with Crippen LogP contribution in [-0.2, 0) is 19.4 Å². The number of aryl methyl sites for hydroxylation is 2. The molecule has 6 heteroatoms. The fourth-order valence-corrected chi connectivity index (χ4v) is 2.79. The minimum atomic E-state index is -2.82. The summed E-state index contributed by atoms with van der Waals surface area (Å²) < 4.78 is 28.5. The number of ether oxygens (including phenoxy) is 1. The van der Waals surface area contributed by atoms with Gasteiger partial charge in [0.05, 0.1) is 6.54 Å². The molecule has 0 fully saturated rings. The molecule has 0 heterocycles. The summed E-state index contributed by atoms with van der Waals surface area (Å²) in [6.07, 6.45) is 3.45. The number of nitrogens with one attached hydrogen (secondary N) is 1.